The zero-order valence-electron chi connectivity index (χ0n) is 32.0. The van der Waals surface area contributed by atoms with Crippen LogP contribution in [0.3, 0.4) is 0 Å². The number of carbonyl (C=O) groups excluding carboxylic acids is 2. The first kappa shape index (κ1) is 38.0. The highest BCUT2D eigenvalue weighted by Crippen LogP contribution is 2.47. The van der Waals surface area contributed by atoms with Crippen LogP contribution in [0, 0.1) is 17.8 Å². The number of halogens is 1. The lowest BCUT2D eigenvalue weighted by Crippen LogP contribution is -2.65. The van der Waals surface area contributed by atoms with Gasteiger partial charge in [0, 0.05) is 62.8 Å². The van der Waals surface area contributed by atoms with Crippen molar-refractivity contribution in [3.8, 4) is 5.75 Å². The lowest BCUT2D eigenvalue weighted by atomic mass is 9.68. The Morgan fingerprint density at radius 2 is 1.96 bits per heavy atom. The molecule has 1 saturated carbocycles. The number of nitrogens with zero attached hydrogens (tertiary/aromatic N) is 5. The predicted octanol–water partition coefficient (Wildman–Crippen LogP) is 6.27. The Morgan fingerprint density at radius 3 is 2.69 bits per heavy atom. The summed E-state index contributed by atoms with van der Waals surface area (Å²) in [7, 11) is 1.66. The molecule has 6 atom stereocenters. The monoisotopic (exact) mass is 790 g/mol. The molecule has 3 amide bonds. The number of anilines is 1. The SMILES string of the molecule is CO[C@H]1/C=C/C[C@H](C)C[S@@](=O)(NC(=O)N2CC(OC)(c3nccn3C)C2)=NC(=O)c2ccc3c(c2)N(C[C@@H]2CC[C@H]21)C[C@@]1(CCCc2cc(Cl)ccc21)CO3. The number of aromatic nitrogens is 2. The van der Waals surface area contributed by atoms with E-state index in [0.717, 1.165) is 49.4 Å². The van der Waals surface area contributed by atoms with Crippen LogP contribution in [0.4, 0.5) is 10.5 Å². The van der Waals surface area contributed by atoms with Crippen LogP contribution in [0.5, 0.6) is 5.75 Å². The summed E-state index contributed by atoms with van der Waals surface area (Å²) in [5.41, 5.74) is 2.58. The summed E-state index contributed by atoms with van der Waals surface area (Å²) in [5.74, 6) is 1.28. The normalized spacial score (nSPS) is 30.7. The van der Waals surface area contributed by atoms with Crippen molar-refractivity contribution >= 4 is 39.1 Å². The van der Waals surface area contributed by atoms with Crippen molar-refractivity contribution in [2.75, 3.05) is 57.7 Å². The zero-order chi connectivity index (χ0) is 38.5. The molecule has 2 aliphatic carbocycles. The lowest BCUT2D eigenvalue weighted by molar-refractivity contribution is -0.118. The van der Waals surface area contributed by atoms with Crippen LogP contribution >= 0.6 is 11.6 Å². The number of rotatable bonds is 4. The first-order valence-electron chi connectivity index (χ1n) is 19.3. The fourth-order valence-electron chi connectivity index (χ4n) is 9.45. The molecule has 1 aromatic heterocycles. The van der Waals surface area contributed by atoms with E-state index >= 15 is 0 Å². The fraction of sp³-hybridized carbons (Fsp3) is 0.537. The summed E-state index contributed by atoms with van der Waals surface area (Å²) < 4.78 is 42.2. The number of benzene rings is 2. The number of likely N-dealkylation sites (tertiary alicyclic amines) is 1. The van der Waals surface area contributed by atoms with Crippen LogP contribution in [0.1, 0.15) is 66.3 Å². The summed E-state index contributed by atoms with van der Waals surface area (Å²) in [5, 5.41) is 0.737. The molecule has 294 valence electrons. The van der Waals surface area contributed by atoms with Crippen molar-refractivity contribution in [2.45, 2.75) is 62.6 Å². The second kappa shape index (κ2) is 14.9. The van der Waals surface area contributed by atoms with Gasteiger partial charge in [-0.05, 0) is 97.7 Å². The van der Waals surface area contributed by atoms with Crippen molar-refractivity contribution < 1.29 is 28.0 Å². The van der Waals surface area contributed by atoms with E-state index in [1.165, 1.54) is 16.0 Å². The second-order valence-electron chi connectivity index (χ2n) is 16.3. The molecule has 2 fully saturated rings. The summed E-state index contributed by atoms with van der Waals surface area (Å²) in [4.78, 5) is 36.2. The molecule has 1 saturated heterocycles. The topological polar surface area (TPSA) is 128 Å². The Bertz CT molecular complexity index is 2120. The third-order valence-corrected chi connectivity index (χ3v) is 14.8. The number of nitrogens with one attached hydrogen (secondary N) is 1. The van der Waals surface area contributed by atoms with Gasteiger partial charge in [0.1, 0.15) is 21.5 Å². The molecule has 5 aliphatic rings. The largest absolute Gasteiger partial charge is 0.490 e. The maximum atomic E-state index is 14.7. The molecule has 3 aliphatic heterocycles. The minimum atomic E-state index is -3.57. The Labute approximate surface area is 328 Å². The molecule has 12 nitrogen and oxygen atoms in total. The number of carbonyl (C=O) groups is 2. The van der Waals surface area contributed by atoms with Crippen LogP contribution in [-0.4, -0.2) is 89.5 Å². The van der Waals surface area contributed by atoms with Crippen LogP contribution in [0.2, 0.25) is 5.02 Å². The first-order valence-corrected chi connectivity index (χ1v) is 21.4. The minimum absolute atomic E-state index is 0.00668. The lowest BCUT2D eigenvalue weighted by Gasteiger charge is -2.47. The number of allylic oxidation sites excluding steroid dienone is 1. The van der Waals surface area contributed by atoms with Crippen molar-refractivity contribution in [1.82, 2.24) is 19.2 Å². The Balaban J connectivity index is 1.14. The summed E-state index contributed by atoms with van der Waals surface area (Å²) in [6.07, 6.45) is 13.3. The Hall–Kier alpha value is -3.91. The molecule has 0 unspecified atom stereocenters. The van der Waals surface area contributed by atoms with Gasteiger partial charge in [0.15, 0.2) is 5.60 Å². The van der Waals surface area contributed by atoms with E-state index in [2.05, 4.69) is 43.3 Å². The van der Waals surface area contributed by atoms with Gasteiger partial charge in [-0.25, -0.2) is 14.0 Å². The molecule has 2 bridgehead atoms. The van der Waals surface area contributed by atoms with E-state index in [4.69, 9.17) is 25.8 Å². The van der Waals surface area contributed by atoms with Crippen molar-refractivity contribution in [1.29, 1.82) is 0 Å². The van der Waals surface area contributed by atoms with Crippen molar-refractivity contribution in [3.05, 3.63) is 88.5 Å². The Kier molecular flexibility index (Phi) is 10.3. The highest BCUT2D eigenvalue weighted by atomic mass is 35.5. The minimum Gasteiger partial charge on any atom is -0.490 e. The fourth-order valence-corrected chi connectivity index (χ4v) is 11.5. The average Bonchev–Trinajstić information content (AvgIpc) is 3.49. The van der Waals surface area contributed by atoms with Gasteiger partial charge in [0.25, 0.3) is 5.91 Å². The predicted molar refractivity (Wildman–Crippen MR) is 212 cm³/mol. The second-order valence-corrected chi connectivity index (χ2v) is 18.7. The molecule has 0 radical (unpaired) electrons. The number of amides is 3. The van der Waals surface area contributed by atoms with Gasteiger partial charge < -0.3 is 28.6 Å². The van der Waals surface area contributed by atoms with E-state index in [-0.39, 0.29) is 41.8 Å². The van der Waals surface area contributed by atoms with Crippen molar-refractivity contribution in [2.24, 2.45) is 29.2 Å². The molecule has 14 heteroatoms. The van der Waals surface area contributed by atoms with Crippen molar-refractivity contribution in [3.63, 3.8) is 0 Å². The van der Waals surface area contributed by atoms with Crippen LogP contribution in [0.25, 0.3) is 0 Å². The van der Waals surface area contributed by atoms with Gasteiger partial charge in [-0.3, -0.25) is 9.52 Å². The Morgan fingerprint density at radius 1 is 1.13 bits per heavy atom. The van der Waals surface area contributed by atoms with Gasteiger partial charge in [-0.1, -0.05) is 36.7 Å². The van der Waals surface area contributed by atoms with Gasteiger partial charge in [-0.2, -0.15) is 0 Å². The molecular formula is C41H51ClN6O6S. The standard InChI is InChI=1S/C41H51ClN6O6S/c1-27-7-5-9-35(52-3)32-13-10-30(32)21-47-23-40(16-6-8-28-19-31(42)12-14-33(28)40)26-54-36-15-11-29(20-34(36)47)37(49)44-55(51,22-27)45-39(50)48-24-41(25-48,53-4)38-43-17-18-46(38)2/h5,9,11-12,14-15,17-20,27,30,32,35H,6-8,10,13,16,21-26H2,1-4H3,(H,44,45,49,50,51)/b9-5+/t27-,30-,32+,35-,40-,55-/m0/s1. The van der Waals surface area contributed by atoms with E-state index in [9.17, 15) is 13.8 Å². The van der Waals surface area contributed by atoms with Crippen LogP contribution in [0.15, 0.2) is 65.3 Å². The van der Waals surface area contributed by atoms with Gasteiger partial charge in [-0.15, -0.1) is 4.36 Å². The number of hydrogen-bond acceptors (Lipinski definition) is 8. The molecule has 4 heterocycles. The number of methoxy groups -OCH3 is 2. The third-order valence-electron chi connectivity index (χ3n) is 12.6. The van der Waals surface area contributed by atoms with Gasteiger partial charge >= 0.3 is 6.03 Å². The third kappa shape index (κ3) is 7.17. The molecule has 2 aromatic carbocycles. The number of aryl methyl sites for hydroxylation is 2. The highest BCUT2D eigenvalue weighted by molar-refractivity contribution is 7.92. The van der Waals surface area contributed by atoms with E-state index in [1.54, 1.807) is 26.5 Å². The van der Waals surface area contributed by atoms with E-state index < -0.39 is 27.5 Å². The maximum absolute atomic E-state index is 14.7. The molecular weight excluding hydrogens is 740 g/mol. The molecule has 1 spiro atoms. The average molecular weight is 791 g/mol. The molecule has 55 heavy (non-hydrogen) atoms. The summed E-state index contributed by atoms with van der Waals surface area (Å²) in [6.45, 7) is 4.36. The van der Waals surface area contributed by atoms with E-state index in [0.29, 0.717) is 43.0 Å². The maximum Gasteiger partial charge on any atom is 0.330 e. The zero-order valence-corrected chi connectivity index (χ0v) is 33.6. The number of hydrogen-bond donors (Lipinski definition) is 1. The quantitative estimate of drug-likeness (QED) is 0.307. The smallest absolute Gasteiger partial charge is 0.330 e. The van der Waals surface area contributed by atoms with Crippen LogP contribution < -0.4 is 14.4 Å². The number of fused-ring (bicyclic) bond motifs is 4. The molecule has 8 rings (SSSR count). The number of imidazole rings is 1. The summed E-state index contributed by atoms with van der Waals surface area (Å²) >= 11 is 6.47. The molecule has 3 aromatic rings. The highest BCUT2D eigenvalue weighted by Gasteiger charge is 2.50. The number of urea groups is 1. The van der Waals surface area contributed by atoms with Gasteiger partial charge in [0.05, 0.1) is 37.2 Å². The number of ether oxygens (including phenoxy) is 3. The summed E-state index contributed by atoms with van der Waals surface area (Å²) in [6, 6.07) is 11.0. The van der Waals surface area contributed by atoms with Gasteiger partial charge in [0.2, 0.25) is 0 Å². The molecule has 1 N–H and O–H groups in total. The van der Waals surface area contributed by atoms with Crippen LogP contribution in [-0.2, 0) is 43.9 Å². The first-order chi connectivity index (χ1) is 26.4. The van der Waals surface area contributed by atoms with E-state index in [1.807, 2.05) is 42.9 Å².